The average molecular weight is 322 g/mol. The van der Waals surface area contributed by atoms with Gasteiger partial charge in [-0.1, -0.05) is 35.0 Å². The number of rotatable bonds is 3. The van der Waals surface area contributed by atoms with E-state index in [2.05, 4.69) is 30.3 Å². The molecular formula is C19H18N2O3. The second kappa shape index (κ2) is 6.00. The van der Waals surface area contributed by atoms with E-state index in [-0.39, 0.29) is 11.9 Å². The molecule has 1 aromatic carbocycles. The van der Waals surface area contributed by atoms with Gasteiger partial charge < -0.3 is 13.8 Å². The lowest BCUT2D eigenvalue weighted by Gasteiger charge is -2.24. The Hall–Kier alpha value is -2.82. The number of amides is 1. The van der Waals surface area contributed by atoms with Crippen LogP contribution in [-0.2, 0) is 0 Å². The van der Waals surface area contributed by atoms with E-state index < -0.39 is 0 Å². The Morgan fingerprint density at radius 1 is 1.21 bits per heavy atom. The van der Waals surface area contributed by atoms with E-state index in [1.807, 2.05) is 11.0 Å². The highest BCUT2D eigenvalue weighted by atomic mass is 16.5. The van der Waals surface area contributed by atoms with Gasteiger partial charge in [-0.3, -0.25) is 4.79 Å². The molecule has 1 fully saturated rings. The number of aryl methyl sites for hydroxylation is 1. The highest BCUT2D eigenvalue weighted by molar-refractivity contribution is 5.93. The second-order valence-corrected chi connectivity index (χ2v) is 6.12. The van der Waals surface area contributed by atoms with Crippen LogP contribution >= 0.6 is 0 Å². The molecule has 0 saturated carbocycles. The van der Waals surface area contributed by atoms with Crippen LogP contribution in [0.5, 0.6) is 0 Å². The van der Waals surface area contributed by atoms with Gasteiger partial charge in [0.05, 0.1) is 12.3 Å². The van der Waals surface area contributed by atoms with Gasteiger partial charge in [0.1, 0.15) is 0 Å². The molecule has 122 valence electrons. The summed E-state index contributed by atoms with van der Waals surface area (Å²) in [5, 5.41) is 3.94. The van der Waals surface area contributed by atoms with Gasteiger partial charge in [0.15, 0.2) is 11.5 Å². The van der Waals surface area contributed by atoms with Crippen LogP contribution in [0.2, 0.25) is 0 Å². The molecule has 2 aromatic heterocycles. The Morgan fingerprint density at radius 3 is 2.92 bits per heavy atom. The standard InChI is InChI=1S/C19H18N2O3/c1-13-5-2-6-14(11-13)16-7-3-9-21(16)19(22)15-12-18(24-20-15)17-8-4-10-23-17/h2,4-6,8,10-12,16H,3,7,9H2,1H3/t16-/m0/s1. The van der Waals surface area contributed by atoms with Crippen molar-refractivity contribution in [2.45, 2.75) is 25.8 Å². The molecule has 3 heterocycles. The molecule has 1 aliphatic heterocycles. The predicted octanol–water partition coefficient (Wildman–Crippen LogP) is 4.22. The van der Waals surface area contributed by atoms with Crippen LogP contribution in [-0.4, -0.2) is 22.5 Å². The van der Waals surface area contributed by atoms with Crippen LogP contribution in [0.25, 0.3) is 11.5 Å². The summed E-state index contributed by atoms with van der Waals surface area (Å²) in [4.78, 5) is 14.8. The van der Waals surface area contributed by atoms with Crippen molar-refractivity contribution in [2.24, 2.45) is 0 Å². The lowest BCUT2D eigenvalue weighted by Crippen LogP contribution is -2.30. The summed E-state index contributed by atoms with van der Waals surface area (Å²) in [6, 6.07) is 13.6. The minimum Gasteiger partial charge on any atom is -0.461 e. The van der Waals surface area contributed by atoms with E-state index >= 15 is 0 Å². The highest BCUT2D eigenvalue weighted by Crippen LogP contribution is 2.33. The molecule has 0 N–H and O–H groups in total. The fourth-order valence-corrected chi connectivity index (χ4v) is 3.29. The number of aromatic nitrogens is 1. The molecule has 0 bridgehead atoms. The quantitative estimate of drug-likeness (QED) is 0.724. The summed E-state index contributed by atoms with van der Waals surface area (Å²) >= 11 is 0. The van der Waals surface area contributed by atoms with E-state index in [1.54, 1.807) is 24.5 Å². The SMILES string of the molecule is Cc1cccc([C@@H]2CCCN2C(=O)c2cc(-c3ccco3)on2)c1. The van der Waals surface area contributed by atoms with Gasteiger partial charge in [0, 0.05) is 12.6 Å². The zero-order valence-electron chi connectivity index (χ0n) is 13.4. The number of likely N-dealkylation sites (tertiary alicyclic amines) is 1. The summed E-state index contributed by atoms with van der Waals surface area (Å²) in [7, 11) is 0. The number of furan rings is 1. The maximum absolute atomic E-state index is 12.9. The topological polar surface area (TPSA) is 59.5 Å². The average Bonchev–Trinajstić information content (AvgIpc) is 3.33. The van der Waals surface area contributed by atoms with Gasteiger partial charge in [-0.15, -0.1) is 0 Å². The largest absolute Gasteiger partial charge is 0.461 e. The fourth-order valence-electron chi connectivity index (χ4n) is 3.29. The van der Waals surface area contributed by atoms with Gasteiger partial charge >= 0.3 is 0 Å². The first-order valence-corrected chi connectivity index (χ1v) is 8.10. The third-order valence-corrected chi connectivity index (χ3v) is 4.43. The number of hydrogen-bond acceptors (Lipinski definition) is 4. The van der Waals surface area contributed by atoms with Crippen molar-refractivity contribution < 1.29 is 13.7 Å². The molecule has 4 rings (SSSR count). The fraction of sp³-hybridized carbons (Fsp3) is 0.263. The number of benzene rings is 1. The van der Waals surface area contributed by atoms with E-state index in [0.29, 0.717) is 17.2 Å². The number of carbonyl (C=O) groups excluding carboxylic acids is 1. The zero-order valence-corrected chi connectivity index (χ0v) is 13.4. The monoisotopic (exact) mass is 322 g/mol. The minimum atomic E-state index is -0.0967. The van der Waals surface area contributed by atoms with Crippen LogP contribution in [0.4, 0.5) is 0 Å². The van der Waals surface area contributed by atoms with E-state index in [9.17, 15) is 4.79 Å². The first-order valence-electron chi connectivity index (χ1n) is 8.10. The van der Waals surface area contributed by atoms with Crippen LogP contribution in [0.1, 0.15) is 40.5 Å². The summed E-state index contributed by atoms with van der Waals surface area (Å²) in [6.45, 7) is 2.80. The van der Waals surface area contributed by atoms with Crippen molar-refractivity contribution >= 4 is 5.91 Å². The normalized spacial score (nSPS) is 17.4. The van der Waals surface area contributed by atoms with E-state index in [0.717, 1.165) is 19.4 Å². The summed E-state index contributed by atoms with van der Waals surface area (Å²) < 4.78 is 10.5. The van der Waals surface area contributed by atoms with Crippen molar-refractivity contribution in [3.8, 4) is 11.5 Å². The third kappa shape index (κ3) is 2.62. The van der Waals surface area contributed by atoms with Crippen LogP contribution in [0, 0.1) is 6.92 Å². The highest BCUT2D eigenvalue weighted by Gasteiger charge is 2.32. The third-order valence-electron chi connectivity index (χ3n) is 4.43. The zero-order chi connectivity index (χ0) is 16.5. The van der Waals surface area contributed by atoms with Gasteiger partial charge in [-0.25, -0.2) is 0 Å². The van der Waals surface area contributed by atoms with Crippen LogP contribution in [0.15, 0.2) is 57.7 Å². The van der Waals surface area contributed by atoms with Gasteiger partial charge in [0.25, 0.3) is 5.91 Å². The number of carbonyl (C=O) groups is 1. The van der Waals surface area contributed by atoms with E-state index in [4.69, 9.17) is 8.94 Å². The van der Waals surface area contributed by atoms with Crippen molar-refractivity contribution in [3.63, 3.8) is 0 Å². The Bertz CT molecular complexity index is 851. The predicted molar refractivity (Wildman–Crippen MR) is 88.4 cm³/mol. The van der Waals surface area contributed by atoms with Crippen molar-refractivity contribution in [3.05, 3.63) is 65.5 Å². The molecular weight excluding hydrogens is 304 g/mol. The molecule has 0 unspecified atom stereocenters. The molecule has 1 aliphatic rings. The smallest absolute Gasteiger partial charge is 0.276 e. The van der Waals surface area contributed by atoms with Crippen LogP contribution in [0.3, 0.4) is 0 Å². The Labute approximate surface area is 139 Å². The molecule has 5 nitrogen and oxygen atoms in total. The van der Waals surface area contributed by atoms with Crippen LogP contribution < -0.4 is 0 Å². The first kappa shape index (κ1) is 14.8. The molecule has 0 spiro atoms. The summed E-state index contributed by atoms with van der Waals surface area (Å²) in [5.74, 6) is 0.938. The molecule has 24 heavy (non-hydrogen) atoms. The Morgan fingerprint density at radius 2 is 2.12 bits per heavy atom. The van der Waals surface area contributed by atoms with Gasteiger partial charge in [-0.2, -0.15) is 0 Å². The summed E-state index contributed by atoms with van der Waals surface area (Å²) in [5.41, 5.74) is 2.70. The second-order valence-electron chi connectivity index (χ2n) is 6.12. The van der Waals surface area contributed by atoms with Gasteiger partial charge in [-0.05, 0) is 37.5 Å². The maximum atomic E-state index is 12.9. The maximum Gasteiger partial charge on any atom is 0.276 e. The summed E-state index contributed by atoms with van der Waals surface area (Å²) in [6.07, 6.45) is 3.53. The van der Waals surface area contributed by atoms with Crippen molar-refractivity contribution in [1.82, 2.24) is 10.1 Å². The molecule has 1 saturated heterocycles. The molecule has 5 heteroatoms. The molecule has 0 aliphatic carbocycles. The van der Waals surface area contributed by atoms with Crippen molar-refractivity contribution in [1.29, 1.82) is 0 Å². The lowest BCUT2D eigenvalue weighted by atomic mass is 10.0. The first-order chi connectivity index (χ1) is 11.7. The minimum absolute atomic E-state index is 0.0967. The van der Waals surface area contributed by atoms with Gasteiger partial charge in [0.2, 0.25) is 5.76 Å². The molecule has 3 aromatic rings. The lowest BCUT2D eigenvalue weighted by molar-refractivity contribution is 0.0725. The number of nitrogens with zero attached hydrogens (tertiary/aromatic N) is 2. The molecule has 0 radical (unpaired) electrons. The Balaban J connectivity index is 1.59. The molecule has 1 atom stereocenters. The van der Waals surface area contributed by atoms with E-state index in [1.165, 1.54) is 11.1 Å². The Kier molecular flexibility index (Phi) is 3.69. The number of hydrogen-bond donors (Lipinski definition) is 0. The molecule has 1 amide bonds. The van der Waals surface area contributed by atoms with Crippen molar-refractivity contribution in [2.75, 3.05) is 6.54 Å².